The maximum Gasteiger partial charge on any atom is 0.410 e. The standard InChI is InChI=1S/C13H23NO2/c1-5-6-11-7-9-14(10-8-11)12(15)16-13(2,3)4/h5-6,11H,7-10H2,1-4H3/b6-5-. The summed E-state index contributed by atoms with van der Waals surface area (Å²) in [6, 6.07) is 0. The van der Waals surface area contributed by atoms with Gasteiger partial charge in [0.05, 0.1) is 0 Å². The Kier molecular flexibility index (Phi) is 4.39. The second kappa shape index (κ2) is 5.37. The minimum absolute atomic E-state index is 0.175. The zero-order valence-corrected chi connectivity index (χ0v) is 10.8. The van der Waals surface area contributed by atoms with Crippen molar-refractivity contribution in [3.63, 3.8) is 0 Å². The van der Waals surface area contributed by atoms with Crippen molar-refractivity contribution in [2.45, 2.75) is 46.1 Å². The first-order valence-electron chi connectivity index (χ1n) is 6.03. The summed E-state index contributed by atoms with van der Waals surface area (Å²) >= 11 is 0. The molecule has 1 heterocycles. The molecule has 0 radical (unpaired) electrons. The summed E-state index contributed by atoms with van der Waals surface area (Å²) in [4.78, 5) is 13.6. The smallest absolute Gasteiger partial charge is 0.410 e. The van der Waals surface area contributed by atoms with Crippen LogP contribution >= 0.6 is 0 Å². The number of hydrogen-bond acceptors (Lipinski definition) is 2. The maximum absolute atomic E-state index is 11.8. The van der Waals surface area contributed by atoms with Gasteiger partial charge in [0.25, 0.3) is 0 Å². The number of allylic oxidation sites excluding steroid dienone is 2. The second-order valence-corrected chi connectivity index (χ2v) is 5.33. The van der Waals surface area contributed by atoms with Crippen molar-refractivity contribution in [3.05, 3.63) is 12.2 Å². The highest BCUT2D eigenvalue weighted by Crippen LogP contribution is 2.20. The number of rotatable bonds is 1. The van der Waals surface area contributed by atoms with Crippen molar-refractivity contribution in [2.75, 3.05) is 13.1 Å². The Bertz CT molecular complexity index is 258. The topological polar surface area (TPSA) is 29.5 Å². The largest absolute Gasteiger partial charge is 0.444 e. The molecule has 1 fully saturated rings. The van der Waals surface area contributed by atoms with Crippen LogP contribution in [0.2, 0.25) is 0 Å². The number of ether oxygens (including phenoxy) is 1. The summed E-state index contributed by atoms with van der Waals surface area (Å²) < 4.78 is 5.34. The molecule has 3 nitrogen and oxygen atoms in total. The van der Waals surface area contributed by atoms with Gasteiger partial charge in [-0.05, 0) is 46.5 Å². The molecular formula is C13H23NO2. The Labute approximate surface area is 98.5 Å². The fraction of sp³-hybridized carbons (Fsp3) is 0.769. The Morgan fingerprint density at radius 3 is 2.31 bits per heavy atom. The highest BCUT2D eigenvalue weighted by atomic mass is 16.6. The van der Waals surface area contributed by atoms with Crippen LogP contribution < -0.4 is 0 Å². The van der Waals surface area contributed by atoms with Gasteiger partial charge in [-0.2, -0.15) is 0 Å². The quantitative estimate of drug-likeness (QED) is 0.641. The van der Waals surface area contributed by atoms with Gasteiger partial charge in [0.2, 0.25) is 0 Å². The normalized spacial score (nSPS) is 19.1. The summed E-state index contributed by atoms with van der Waals surface area (Å²) in [5.41, 5.74) is -0.392. The Balaban J connectivity index is 2.39. The zero-order valence-electron chi connectivity index (χ0n) is 10.8. The molecule has 0 aliphatic carbocycles. The van der Waals surface area contributed by atoms with Crippen LogP contribution in [0.15, 0.2) is 12.2 Å². The lowest BCUT2D eigenvalue weighted by molar-refractivity contribution is 0.0197. The number of hydrogen-bond donors (Lipinski definition) is 0. The van der Waals surface area contributed by atoms with Gasteiger partial charge in [-0.15, -0.1) is 0 Å². The van der Waals surface area contributed by atoms with Crippen molar-refractivity contribution in [3.8, 4) is 0 Å². The number of piperidine rings is 1. The van der Waals surface area contributed by atoms with E-state index in [-0.39, 0.29) is 6.09 Å². The SMILES string of the molecule is C/C=C\C1CCN(C(=O)OC(C)(C)C)CC1. The number of likely N-dealkylation sites (tertiary alicyclic amines) is 1. The lowest BCUT2D eigenvalue weighted by Gasteiger charge is -2.32. The molecule has 1 aliphatic rings. The maximum atomic E-state index is 11.8. The highest BCUT2D eigenvalue weighted by molar-refractivity contribution is 5.68. The molecule has 0 saturated carbocycles. The fourth-order valence-corrected chi connectivity index (χ4v) is 1.87. The van der Waals surface area contributed by atoms with Crippen molar-refractivity contribution in [2.24, 2.45) is 5.92 Å². The first kappa shape index (κ1) is 13.1. The van der Waals surface area contributed by atoms with E-state index in [2.05, 4.69) is 12.2 Å². The third kappa shape index (κ3) is 4.25. The highest BCUT2D eigenvalue weighted by Gasteiger charge is 2.25. The molecule has 3 heteroatoms. The van der Waals surface area contributed by atoms with Gasteiger partial charge in [0.1, 0.15) is 5.60 Å². The van der Waals surface area contributed by atoms with E-state index in [0.29, 0.717) is 5.92 Å². The van der Waals surface area contributed by atoms with E-state index >= 15 is 0 Å². The molecule has 0 aromatic rings. The molecule has 0 spiro atoms. The first-order valence-corrected chi connectivity index (χ1v) is 6.03. The summed E-state index contributed by atoms with van der Waals surface area (Å²) in [6.07, 6.45) is 6.24. The molecular weight excluding hydrogens is 202 g/mol. The average Bonchev–Trinajstić information content (AvgIpc) is 2.16. The third-order valence-corrected chi connectivity index (χ3v) is 2.66. The van der Waals surface area contributed by atoms with Gasteiger partial charge >= 0.3 is 6.09 Å². The van der Waals surface area contributed by atoms with Crippen molar-refractivity contribution >= 4 is 6.09 Å². The lowest BCUT2D eigenvalue weighted by Crippen LogP contribution is -2.41. The molecule has 1 rings (SSSR count). The number of amides is 1. The summed E-state index contributed by atoms with van der Waals surface area (Å²) in [5.74, 6) is 0.628. The molecule has 0 unspecified atom stereocenters. The number of carbonyl (C=O) groups excluding carboxylic acids is 1. The predicted molar refractivity (Wildman–Crippen MR) is 65.3 cm³/mol. The van der Waals surface area contributed by atoms with Crippen molar-refractivity contribution in [1.82, 2.24) is 4.90 Å². The van der Waals surface area contributed by atoms with E-state index in [9.17, 15) is 4.79 Å². The van der Waals surface area contributed by atoms with Crippen LogP contribution in [0.1, 0.15) is 40.5 Å². The molecule has 0 atom stereocenters. The lowest BCUT2D eigenvalue weighted by atomic mass is 9.97. The van der Waals surface area contributed by atoms with E-state index in [0.717, 1.165) is 25.9 Å². The Morgan fingerprint density at radius 1 is 1.31 bits per heavy atom. The van der Waals surface area contributed by atoms with Crippen LogP contribution in [0.3, 0.4) is 0 Å². The van der Waals surface area contributed by atoms with Crippen molar-refractivity contribution < 1.29 is 9.53 Å². The predicted octanol–water partition coefficient (Wildman–Crippen LogP) is 3.21. The summed E-state index contributed by atoms with van der Waals surface area (Å²) in [7, 11) is 0. The van der Waals surface area contributed by atoms with Gasteiger partial charge in [-0.25, -0.2) is 4.79 Å². The Morgan fingerprint density at radius 2 is 1.88 bits per heavy atom. The first-order chi connectivity index (χ1) is 7.42. The van der Waals surface area contributed by atoms with Gasteiger partial charge in [0.15, 0.2) is 0 Å². The molecule has 1 aliphatic heterocycles. The van der Waals surface area contributed by atoms with E-state index in [1.165, 1.54) is 0 Å². The van der Waals surface area contributed by atoms with E-state index in [1.54, 1.807) is 0 Å². The molecule has 0 N–H and O–H groups in total. The molecule has 16 heavy (non-hydrogen) atoms. The van der Waals surface area contributed by atoms with Crippen LogP contribution in [-0.4, -0.2) is 29.7 Å². The van der Waals surface area contributed by atoms with E-state index in [1.807, 2.05) is 32.6 Å². The van der Waals surface area contributed by atoms with Crippen LogP contribution in [-0.2, 0) is 4.74 Å². The van der Waals surface area contributed by atoms with Gasteiger partial charge in [-0.3, -0.25) is 0 Å². The number of nitrogens with zero attached hydrogens (tertiary/aromatic N) is 1. The van der Waals surface area contributed by atoms with E-state index in [4.69, 9.17) is 4.74 Å². The monoisotopic (exact) mass is 225 g/mol. The zero-order chi connectivity index (χ0) is 12.2. The molecule has 0 bridgehead atoms. The third-order valence-electron chi connectivity index (χ3n) is 2.66. The second-order valence-electron chi connectivity index (χ2n) is 5.33. The molecule has 0 aromatic heterocycles. The van der Waals surface area contributed by atoms with E-state index < -0.39 is 5.60 Å². The summed E-state index contributed by atoms with van der Waals surface area (Å²) in [5, 5.41) is 0. The number of carbonyl (C=O) groups is 1. The minimum atomic E-state index is -0.392. The molecule has 1 saturated heterocycles. The van der Waals surface area contributed by atoms with Crippen LogP contribution in [0.4, 0.5) is 4.79 Å². The Hall–Kier alpha value is -0.990. The molecule has 92 valence electrons. The van der Waals surface area contributed by atoms with Gasteiger partial charge < -0.3 is 9.64 Å². The van der Waals surface area contributed by atoms with Crippen molar-refractivity contribution in [1.29, 1.82) is 0 Å². The average molecular weight is 225 g/mol. The van der Waals surface area contributed by atoms with Crippen LogP contribution in [0.25, 0.3) is 0 Å². The molecule has 0 aromatic carbocycles. The minimum Gasteiger partial charge on any atom is -0.444 e. The fourth-order valence-electron chi connectivity index (χ4n) is 1.87. The molecule has 1 amide bonds. The van der Waals surface area contributed by atoms with Crippen LogP contribution in [0.5, 0.6) is 0 Å². The summed E-state index contributed by atoms with van der Waals surface area (Å²) in [6.45, 7) is 9.36. The van der Waals surface area contributed by atoms with Gasteiger partial charge in [0, 0.05) is 13.1 Å². The van der Waals surface area contributed by atoms with Crippen LogP contribution in [0, 0.1) is 5.92 Å². The van der Waals surface area contributed by atoms with Gasteiger partial charge in [-0.1, -0.05) is 12.2 Å².